The van der Waals surface area contributed by atoms with Crippen LogP contribution in [0.3, 0.4) is 0 Å². The molecule has 2 N–H and O–H groups in total. The average Bonchev–Trinajstić information content (AvgIpc) is 2.29. The van der Waals surface area contributed by atoms with Gasteiger partial charge in [-0.15, -0.1) is 0 Å². The lowest BCUT2D eigenvalue weighted by molar-refractivity contribution is -0.120. The first-order valence-corrected chi connectivity index (χ1v) is 5.97. The number of hydrogen-bond donors (Lipinski definition) is 2. The number of rotatable bonds is 6. The molecule has 0 aromatic carbocycles. The van der Waals surface area contributed by atoms with Gasteiger partial charge in [0.2, 0.25) is 5.91 Å². The zero-order chi connectivity index (χ0) is 12.7. The van der Waals surface area contributed by atoms with Gasteiger partial charge in [0.05, 0.1) is 6.54 Å². The molecule has 1 heterocycles. The van der Waals surface area contributed by atoms with Crippen LogP contribution in [-0.2, 0) is 11.3 Å². The zero-order valence-corrected chi connectivity index (χ0v) is 10.8. The molecule has 0 radical (unpaired) electrons. The monoisotopic (exact) mass is 235 g/mol. The first-order valence-electron chi connectivity index (χ1n) is 5.97. The smallest absolute Gasteiger partial charge is 0.233 e. The van der Waals surface area contributed by atoms with E-state index in [-0.39, 0.29) is 5.91 Å². The average molecular weight is 235 g/mol. The summed E-state index contributed by atoms with van der Waals surface area (Å²) < 4.78 is 0. The van der Waals surface area contributed by atoms with Gasteiger partial charge in [-0.1, -0.05) is 19.9 Å². The number of hydrogen-bond acceptors (Lipinski definition) is 3. The van der Waals surface area contributed by atoms with Crippen LogP contribution in [0.1, 0.15) is 25.1 Å². The van der Waals surface area contributed by atoms with E-state index in [0.29, 0.717) is 19.0 Å². The topological polar surface area (TPSA) is 54.0 Å². The van der Waals surface area contributed by atoms with E-state index >= 15 is 0 Å². The number of aromatic nitrogens is 1. The van der Waals surface area contributed by atoms with Crippen molar-refractivity contribution in [1.82, 2.24) is 15.6 Å². The largest absolute Gasteiger partial charge is 0.355 e. The third kappa shape index (κ3) is 6.02. The normalized spacial score (nSPS) is 10.6. The van der Waals surface area contributed by atoms with Gasteiger partial charge in [-0.25, -0.2) is 0 Å². The van der Waals surface area contributed by atoms with E-state index in [1.54, 1.807) is 0 Å². The number of carbonyl (C=O) groups excluding carboxylic acids is 1. The minimum absolute atomic E-state index is 0.0405. The Kier molecular flexibility index (Phi) is 5.63. The summed E-state index contributed by atoms with van der Waals surface area (Å²) in [4.78, 5) is 15.6. The van der Waals surface area contributed by atoms with Crippen LogP contribution in [0.2, 0.25) is 0 Å². The van der Waals surface area contributed by atoms with E-state index in [2.05, 4.69) is 29.5 Å². The number of nitrogens with zero attached hydrogens (tertiary/aromatic N) is 1. The van der Waals surface area contributed by atoms with Crippen LogP contribution in [0.15, 0.2) is 18.3 Å². The van der Waals surface area contributed by atoms with Crippen LogP contribution in [-0.4, -0.2) is 24.0 Å². The summed E-state index contributed by atoms with van der Waals surface area (Å²) >= 11 is 0. The van der Waals surface area contributed by atoms with Crippen LogP contribution < -0.4 is 10.6 Å². The highest BCUT2D eigenvalue weighted by atomic mass is 16.1. The van der Waals surface area contributed by atoms with Crippen molar-refractivity contribution in [1.29, 1.82) is 0 Å². The standard InChI is InChI=1S/C13H21N3O/c1-10(2)6-16-13(17)9-14-7-12-5-4-11(3)15-8-12/h4-5,8,10,14H,6-7,9H2,1-3H3,(H,16,17). The highest BCUT2D eigenvalue weighted by Crippen LogP contribution is 1.98. The van der Waals surface area contributed by atoms with Crippen LogP contribution in [0.25, 0.3) is 0 Å². The molecule has 1 rings (SSSR count). The summed E-state index contributed by atoms with van der Waals surface area (Å²) in [5, 5.41) is 5.95. The molecule has 1 amide bonds. The molecule has 0 bridgehead atoms. The molecule has 0 saturated heterocycles. The lowest BCUT2D eigenvalue weighted by atomic mass is 10.2. The third-order valence-electron chi connectivity index (χ3n) is 2.29. The molecule has 0 aliphatic carbocycles. The number of carbonyl (C=O) groups is 1. The SMILES string of the molecule is Cc1ccc(CNCC(=O)NCC(C)C)cn1. The Hall–Kier alpha value is -1.42. The van der Waals surface area contributed by atoms with E-state index in [0.717, 1.165) is 17.8 Å². The molecule has 17 heavy (non-hydrogen) atoms. The van der Waals surface area contributed by atoms with E-state index in [1.165, 1.54) is 0 Å². The predicted molar refractivity (Wildman–Crippen MR) is 68.5 cm³/mol. The molecule has 0 spiro atoms. The molecular formula is C13H21N3O. The Balaban J connectivity index is 2.19. The van der Waals surface area contributed by atoms with E-state index in [1.807, 2.05) is 25.3 Å². The van der Waals surface area contributed by atoms with E-state index in [9.17, 15) is 4.79 Å². The van der Waals surface area contributed by atoms with Crippen molar-refractivity contribution in [2.24, 2.45) is 5.92 Å². The lowest BCUT2D eigenvalue weighted by Gasteiger charge is -2.08. The van der Waals surface area contributed by atoms with Crippen LogP contribution >= 0.6 is 0 Å². The fraction of sp³-hybridized carbons (Fsp3) is 0.538. The van der Waals surface area contributed by atoms with Crippen LogP contribution in [0.5, 0.6) is 0 Å². The van der Waals surface area contributed by atoms with E-state index < -0.39 is 0 Å². The summed E-state index contributed by atoms with van der Waals surface area (Å²) in [5.41, 5.74) is 2.09. The maximum absolute atomic E-state index is 11.4. The van der Waals surface area contributed by atoms with Gasteiger partial charge in [-0.3, -0.25) is 9.78 Å². The molecule has 0 aliphatic rings. The van der Waals surface area contributed by atoms with Gasteiger partial charge in [0.1, 0.15) is 0 Å². The quantitative estimate of drug-likeness (QED) is 0.780. The summed E-state index contributed by atoms with van der Waals surface area (Å²) in [7, 11) is 0. The molecule has 0 saturated carbocycles. The second kappa shape index (κ2) is 7.01. The zero-order valence-electron chi connectivity index (χ0n) is 10.8. The summed E-state index contributed by atoms with van der Waals surface area (Å²) in [5.74, 6) is 0.527. The van der Waals surface area contributed by atoms with Gasteiger partial charge in [0.15, 0.2) is 0 Å². The maximum atomic E-state index is 11.4. The van der Waals surface area contributed by atoms with Crippen LogP contribution in [0, 0.1) is 12.8 Å². The lowest BCUT2D eigenvalue weighted by Crippen LogP contribution is -2.35. The highest BCUT2D eigenvalue weighted by Gasteiger charge is 2.01. The number of nitrogens with one attached hydrogen (secondary N) is 2. The van der Waals surface area contributed by atoms with Crippen molar-refractivity contribution < 1.29 is 4.79 Å². The Morgan fingerprint density at radius 2 is 2.18 bits per heavy atom. The van der Waals surface area contributed by atoms with Crippen molar-refractivity contribution in [3.8, 4) is 0 Å². The van der Waals surface area contributed by atoms with Gasteiger partial charge >= 0.3 is 0 Å². The Morgan fingerprint density at radius 3 is 2.76 bits per heavy atom. The molecular weight excluding hydrogens is 214 g/mol. The number of aryl methyl sites for hydroxylation is 1. The molecule has 1 aromatic rings. The van der Waals surface area contributed by atoms with Crippen molar-refractivity contribution in [3.63, 3.8) is 0 Å². The first kappa shape index (κ1) is 13.6. The van der Waals surface area contributed by atoms with Crippen molar-refractivity contribution >= 4 is 5.91 Å². The summed E-state index contributed by atoms with van der Waals surface area (Å²) in [6, 6.07) is 3.98. The Labute approximate surface area is 103 Å². The van der Waals surface area contributed by atoms with Gasteiger partial charge in [-0.05, 0) is 24.5 Å². The van der Waals surface area contributed by atoms with Crippen molar-refractivity contribution in [2.45, 2.75) is 27.3 Å². The number of amides is 1. The molecule has 0 aliphatic heterocycles. The Bertz CT molecular complexity index is 346. The van der Waals surface area contributed by atoms with Crippen molar-refractivity contribution in [2.75, 3.05) is 13.1 Å². The molecule has 0 unspecified atom stereocenters. The summed E-state index contributed by atoms with van der Waals surface area (Å²) in [6.45, 7) is 7.85. The van der Waals surface area contributed by atoms with E-state index in [4.69, 9.17) is 0 Å². The molecule has 94 valence electrons. The molecule has 4 heteroatoms. The van der Waals surface area contributed by atoms with Crippen molar-refractivity contribution in [3.05, 3.63) is 29.6 Å². The third-order valence-corrected chi connectivity index (χ3v) is 2.29. The molecule has 0 fully saturated rings. The second-order valence-electron chi connectivity index (χ2n) is 4.61. The maximum Gasteiger partial charge on any atom is 0.233 e. The van der Waals surface area contributed by atoms with Gasteiger partial charge < -0.3 is 10.6 Å². The Morgan fingerprint density at radius 1 is 1.41 bits per heavy atom. The minimum Gasteiger partial charge on any atom is -0.355 e. The molecule has 0 atom stereocenters. The molecule has 1 aromatic heterocycles. The first-order chi connectivity index (χ1) is 8.08. The van der Waals surface area contributed by atoms with Gasteiger partial charge in [0.25, 0.3) is 0 Å². The predicted octanol–water partition coefficient (Wildman–Crippen LogP) is 1.25. The summed E-state index contributed by atoms with van der Waals surface area (Å²) in [6.07, 6.45) is 1.83. The highest BCUT2D eigenvalue weighted by molar-refractivity contribution is 5.77. The second-order valence-corrected chi connectivity index (χ2v) is 4.61. The van der Waals surface area contributed by atoms with Gasteiger partial charge in [0, 0.05) is 25.0 Å². The fourth-order valence-electron chi connectivity index (χ4n) is 1.30. The van der Waals surface area contributed by atoms with Crippen LogP contribution in [0.4, 0.5) is 0 Å². The number of pyridine rings is 1. The van der Waals surface area contributed by atoms with Gasteiger partial charge in [-0.2, -0.15) is 0 Å². The minimum atomic E-state index is 0.0405. The molecule has 4 nitrogen and oxygen atoms in total. The fourth-order valence-corrected chi connectivity index (χ4v) is 1.30.